The summed E-state index contributed by atoms with van der Waals surface area (Å²) in [4.78, 5) is 35.3. The molecule has 2 amide bonds. The first kappa shape index (κ1) is 14.4. The van der Waals surface area contributed by atoms with Gasteiger partial charge in [0.15, 0.2) is 0 Å². The Balaban J connectivity index is 2.07. The molecule has 1 rings (SSSR count). The molecule has 0 radical (unpaired) electrons. The molecule has 0 atom stereocenters. The van der Waals surface area contributed by atoms with E-state index in [1.54, 1.807) is 4.90 Å². The number of hydrazine groups is 1. The minimum atomic E-state index is -0.110. The SMILES string of the molecule is N[N+](=O)CCCC(=O)NCCN1CCCCC1=O. The van der Waals surface area contributed by atoms with Crippen LogP contribution in [-0.4, -0.2) is 47.8 Å². The molecule has 1 aliphatic heterocycles. The molecule has 3 N–H and O–H groups in total. The number of nitrogens with two attached hydrogens (primary N) is 1. The van der Waals surface area contributed by atoms with Gasteiger partial charge in [-0.3, -0.25) is 9.59 Å². The van der Waals surface area contributed by atoms with Crippen LogP contribution in [0.1, 0.15) is 32.1 Å². The Morgan fingerprint density at radius 1 is 1.44 bits per heavy atom. The molecule has 102 valence electrons. The summed E-state index contributed by atoms with van der Waals surface area (Å²) < 4.78 is 0. The summed E-state index contributed by atoms with van der Waals surface area (Å²) in [6.45, 7) is 1.97. The summed E-state index contributed by atoms with van der Waals surface area (Å²) >= 11 is 0. The summed E-state index contributed by atoms with van der Waals surface area (Å²) in [5.41, 5.74) is 0. The number of likely N-dealkylation sites (tertiary alicyclic amines) is 1. The van der Waals surface area contributed by atoms with Gasteiger partial charge in [0.1, 0.15) is 4.87 Å². The number of piperidine rings is 1. The number of nitroso groups, excluding NO2 is 1. The lowest BCUT2D eigenvalue weighted by Gasteiger charge is -2.26. The van der Waals surface area contributed by atoms with Crippen LogP contribution in [0.15, 0.2) is 0 Å². The monoisotopic (exact) mass is 257 g/mol. The second-order valence-corrected chi connectivity index (χ2v) is 4.43. The summed E-state index contributed by atoms with van der Waals surface area (Å²) in [7, 11) is 0. The smallest absolute Gasteiger partial charge is 0.225 e. The van der Waals surface area contributed by atoms with Gasteiger partial charge in [-0.2, -0.15) is 5.84 Å². The van der Waals surface area contributed by atoms with Gasteiger partial charge in [0.05, 0.1) is 4.91 Å². The average molecular weight is 257 g/mol. The van der Waals surface area contributed by atoms with Gasteiger partial charge in [-0.05, 0) is 12.8 Å². The van der Waals surface area contributed by atoms with E-state index in [4.69, 9.17) is 5.84 Å². The molecule has 18 heavy (non-hydrogen) atoms. The molecule has 0 aliphatic carbocycles. The Bertz CT molecular complexity index is 319. The molecule has 0 aromatic rings. The first-order valence-electron chi connectivity index (χ1n) is 6.33. The van der Waals surface area contributed by atoms with Gasteiger partial charge in [-0.25, -0.2) is 0 Å². The van der Waals surface area contributed by atoms with Crippen LogP contribution in [0.4, 0.5) is 0 Å². The molecule has 7 nitrogen and oxygen atoms in total. The van der Waals surface area contributed by atoms with Crippen LogP contribution in [0.3, 0.4) is 0 Å². The second-order valence-electron chi connectivity index (χ2n) is 4.43. The molecule has 1 fully saturated rings. The average Bonchev–Trinajstić information content (AvgIpc) is 2.31. The van der Waals surface area contributed by atoms with Crippen molar-refractivity contribution in [3.8, 4) is 0 Å². The van der Waals surface area contributed by atoms with Crippen LogP contribution in [-0.2, 0) is 9.59 Å². The van der Waals surface area contributed by atoms with Gasteiger partial charge in [-0.1, -0.05) is 0 Å². The van der Waals surface area contributed by atoms with Crippen LogP contribution in [0.2, 0.25) is 0 Å². The van der Waals surface area contributed by atoms with Crippen molar-refractivity contribution >= 4 is 11.8 Å². The van der Waals surface area contributed by atoms with E-state index in [-0.39, 0.29) is 24.8 Å². The lowest BCUT2D eigenvalue weighted by Crippen LogP contribution is -2.41. The van der Waals surface area contributed by atoms with E-state index in [0.717, 1.165) is 19.4 Å². The predicted octanol–water partition coefficient (Wildman–Crippen LogP) is -0.452. The number of hydrogen-bond donors (Lipinski definition) is 2. The van der Waals surface area contributed by atoms with Crippen molar-refractivity contribution in [2.45, 2.75) is 32.1 Å². The molecule has 0 saturated carbocycles. The minimum Gasteiger partial charge on any atom is -0.354 e. The predicted molar refractivity (Wildman–Crippen MR) is 65.4 cm³/mol. The third-order valence-corrected chi connectivity index (χ3v) is 2.91. The standard InChI is InChI=1S/C11H20N4O3/c12-15(18)8-3-4-10(16)13-6-9-14-7-2-1-5-11(14)17/h1-9H2,(H2-,12,13,16,18)/p+1. The molecule has 0 aromatic heterocycles. The van der Waals surface area contributed by atoms with Crippen molar-refractivity contribution in [3.05, 3.63) is 4.91 Å². The second kappa shape index (κ2) is 7.62. The molecular weight excluding hydrogens is 236 g/mol. The molecular formula is C11H21N4O3+. The lowest BCUT2D eigenvalue weighted by molar-refractivity contribution is -0.560. The molecule has 1 aliphatic rings. The number of carbonyl (C=O) groups is 2. The van der Waals surface area contributed by atoms with Gasteiger partial charge in [-0.15, -0.1) is 0 Å². The highest BCUT2D eigenvalue weighted by molar-refractivity contribution is 5.77. The summed E-state index contributed by atoms with van der Waals surface area (Å²) in [6, 6.07) is 0. The maximum atomic E-state index is 11.5. The number of hydrogen-bond acceptors (Lipinski definition) is 3. The highest BCUT2D eigenvalue weighted by Gasteiger charge is 2.17. The van der Waals surface area contributed by atoms with E-state index in [1.165, 1.54) is 0 Å². The first-order chi connectivity index (χ1) is 8.59. The molecule has 0 unspecified atom stereocenters. The van der Waals surface area contributed by atoms with Gasteiger partial charge in [0.2, 0.25) is 18.4 Å². The van der Waals surface area contributed by atoms with E-state index >= 15 is 0 Å². The van der Waals surface area contributed by atoms with Crippen molar-refractivity contribution in [2.75, 3.05) is 26.2 Å². The zero-order valence-electron chi connectivity index (χ0n) is 10.6. The molecule has 1 heterocycles. The largest absolute Gasteiger partial charge is 0.354 e. The molecule has 0 bridgehead atoms. The third-order valence-electron chi connectivity index (χ3n) is 2.91. The quantitative estimate of drug-likeness (QED) is 0.367. The van der Waals surface area contributed by atoms with Crippen LogP contribution >= 0.6 is 0 Å². The van der Waals surface area contributed by atoms with Crippen molar-refractivity contribution in [1.29, 1.82) is 0 Å². The van der Waals surface area contributed by atoms with E-state index < -0.39 is 0 Å². The minimum absolute atomic E-state index is 0.110. The zero-order chi connectivity index (χ0) is 13.4. The van der Waals surface area contributed by atoms with Crippen LogP contribution < -0.4 is 11.2 Å². The van der Waals surface area contributed by atoms with E-state index in [1.807, 2.05) is 0 Å². The fourth-order valence-electron chi connectivity index (χ4n) is 1.91. The highest BCUT2D eigenvalue weighted by Crippen LogP contribution is 2.09. The Hall–Kier alpha value is -1.66. The lowest BCUT2D eigenvalue weighted by atomic mass is 10.1. The fraction of sp³-hybridized carbons (Fsp3) is 0.818. The summed E-state index contributed by atoms with van der Waals surface area (Å²) in [5, 5.41) is 2.73. The van der Waals surface area contributed by atoms with Crippen LogP contribution in [0.5, 0.6) is 0 Å². The fourth-order valence-corrected chi connectivity index (χ4v) is 1.91. The van der Waals surface area contributed by atoms with Crippen molar-refractivity contribution < 1.29 is 14.5 Å². The Morgan fingerprint density at radius 2 is 2.22 bits per heavy atom. The maximum absolute atomic E-state index is 11.5. The summed E-state index contributed by atoms with van der Waals surface area (Å²) in [5.74, 6) is 4.95. The van der Waals surface area contributed by atoms with Gasteiger partial charge in [0, 0.05) is 38.9 Å². The van der Waals surface area contributed by atoms with Crippen molar-refractivity contribution in [1.82, 2.24) is 10.2 Å². The normalized spacial score (nSPS) is 15.6. The van der Waals surface area contributed by atoms with E-state index in [0.29, 0.717) is 30.8 Å². The Kier molecular flexibility index (Phi) is 6.10. The van der Waals surface area contributed by atoms with E-state index in [9.17, 15) is 14.5 Å². The number of nitrogens with zero attached hydrogens (tertiary/aromatic N) is 2. The number of amides is 2. The van der Waals surface area contributed by atoms with Gasteiger partial charge >= 0.3 is 0 Å². The third kappa shape index (κ3) is 5.60. The van der Waals surface area contributed by atoms with E-state index in [2.05, 4.69) is 5.32 Å². The topological polar surface area (TPSA) is 95.5 Å². The van der Waals surface area contributed by atoms with Crippen molar-refractivity contribution in [2.24, 2.45) is 5.84 Å². The number of nitrogens with one attached hydrogen (secondary N) is 1. The van der Waals surface area contributed by atoms with Crippen LogP contribution in [0, 0.1) is 4.91 Å². The molecule has 7 heteroatoms. The maximum Gasteiger partial charge on any atom is 0.225 e. The van der Waals surface area contributed by atoms with Crippen molar-refractivity contribution in [3.63, 3.8) is 0 Å². The molecule has 1 saturated heterocycles. The molecule has 0 aromatic carbocycles. The Labute approximate surface area is 106 Å². The molecule has 0 spiro atoms. The number of rotatable bonds is 7. The summed E-state index contributed by atoms with van der Waals surface area (Å²) in [6.07, 6.45) is 3.34. The zero-order valence-corrected chi connectivity index (χ0v) is 10.6. The van der Waals surface area contributed by atoms with Crippen LogP contribution in [0.25, 0.3) is 0 Å². The Morgan fingerprint density at radius 3 is 2.89 bits per heavy atom. The highest BCUT2D eigenvalue weighted by atomic mass is 16.3. The van der Waals surface area contributed by atoms with Gasteiger partial charge < -0.3 is 10.2 Å². The first-order valence-corrected chi connectivity index (χ1v) is 6.33. The van der Waals surface area contributed by atoms with Gasteiger partial charge in [0.25, 0.3) is 0 Å². The number of carbonyl (C=O) groups excluding carboxylic acids is 2.